The molecule has 160 valence electrons. The summed E-state index contributed by atoms with van der Waals surface area (Å²) < 4.78 is 8.99. The lowest BCUT2D eigenvalue weighted by Gasteiger charge is -2.38. The van der Waals surface area contributed by atoms with E-state index in [0.29, 0.717) is 0 Å². The molecular formula is C26H29N3O2. The number of pyridine rings is 1. The third kappa shape index (κ3) is 2.75. The number of likely N-dealkylation sites (tertiary alicyclic amines) is 1. The van der Waals surface area contributed by atoms with Crippen molar-refractivity contribution in [2.45, 2.75) is 64.4 Å². The molecule has 1 aliphatic carbocycles. The van der Waals surface area contributed by atoms with Crippen LogP contribution in [0.2, 0.25) is 0 Å². The van der Waals surface area contributed by atoms with Gasteiger partial charge in [0.1, 0.15) is 5.60 Å². The molecule has 3 aromatic rings. The second-order valence-corrected chi connectivity index (χ2v) is 9.43. The monoisotopic (exact) mass is 415 g/mol. The second-order valence-electron chi connectivity index (χ2n) is 9.43. The number of carbonyl (C=O) groups is 1. The fraction of sp³-hybridized carbons (Fsp3) is 0.462. The van der Waals surface area contributed by atoms with Crippen molar-refractivity contribution in [2.75, 3.05) is 13.1 Å². The number of rotatable bonds is 1. The Hall–Kier alpha value is -2.82. The van der Waals surface area contributed by atoms with Gasteiger partial charge in [-0.1, -0.05) is 24.3 Å². The Morgan fingerprint density at radius 1 is 1.06 bits per heavy atom. The van der Waals surface area contributed by atoms with Crippen molar-refractivity contribution >= 4 is 11.6 Å². The Balaban J connectivity index is 1.52. The van der Waals surface area contributed by atoms with Crippen LogP contribution in [0.4, 0.5) is 0 Å². The molecule has 1 unspecified atom stereocenters. The number of fused-ring (bicyclic) bond motifs is 5. The van der Waals surface area contributed by atoms with Gasteiger partial charge in [0.05, 0.1) is 11.3 Å². The number of hydrogen-bond donors (Lipinski definition) is 0. The van der Waals surface area contributed by atoms with Gasteiger partial charge in [0.2, 0.25) is 0 Å². The summed E-state index contributed by atoms with van der Waals surface area (Å²) in [6.45, 7) is 5.81. The Morgan fingerprint density at radius 2 is 1.84 bits per heavy atom. The van der Waals surface area contributed by atoms with Gasteiger partial charge in [-0.15, -0.1) is 0 Å². The smallest absolute Gasteiger partial charge is 0.255 e. The maximum atomic E-state index is 13.6. The molecule has 5 heteroatoms. The van der Waals surface area contributed by atoms with Crippen molar-refractivity contribution in [1.29, 1.82) is 0 Å². The molecule has 0 radical (unpaired) electrons. The van der Waals surface area contributed by atoms with Gasteiger partial charge in [0, 0.05) is 30.5 Å². The predicted molar refractivity (Wildman–Crippen MR) is 120 cm³/mol. The minimum atomic E-state index is -0.301. The van der Waals surface area contributed by atoms with Gasteiger partial charge in [-0.05, 0) is 69.9 Å². The summed E-state index contributed by atoms with van der Waals surface area (Å²) in [5.41, 5.74) is 7.15. The highest BCUT2D eigenvalue weighted by Gasteiger charge is 2.45. The molecule has 1 fully saturated rings. The van der Waals surface area contributed by atoms with Crippen LogP contribution in [-0.2, 0) is 18.4 Å². The number of hydrogen-bond acceptors (Lipinski definition) is 3. The van der Waals surface area contributed by atoms with Gasteiger partial charge >= 0.3 is 0 Å². The molecule has 5 nitrogen and oxygen atoms in total. The van der Waals surface area contributed by atoms with Crippen LogP contribution in [0.25, 0.3) is 5.65 Å². The van der Waals surface area contributed by atoms with E-state index in [1.807, 2.05) is 18.0 Å². The highest BCUT2D eigenvalue weighted by Crippen LogP contribution is 2.49. The molecule has 1 amide bonds. The van der Waals surface area contributed by atoms with Gasteiger partial charge in [-0.25, -0.2) is 4.98 Å². The molecule has 1 atom stereocenters. The zero-order valence-corrected chi connectivity index (χ0v) is 18.4. The topological polar surface area (TPSA) is 46.8 Å². The van der Waals surface area contributed by atoms with Crippen LogP contribution in [0.3, 0.4) is 0 Å². The fourth-order valence-corrected chi connectivity index (χ4v) is 5.81. The molecule has 1 aromatic carbocycles. The largest absolute Gasteiger partial charge is 0.478 e. The van der Waals surface area contributed by atoms with E-state index in [4.69, 9.17) is 9.72 Å². The van der Waals surface area contributed by atoms with E-state index in [0.717, 1.165) is 85.5 Å². The number of nitrogens with zero attached hydrogens (tertiary/aromatic N) is 3. The van der Waals surface area contributed by atoms with Gasteiger partial charge < -0.3 is 14.0 Å². The summed E-state index contributed by atoms with van der Waals surface area (Å²) in [7, 11) is 0. The quantitative estimate of drug-likeness (QED) is 0.577. The normalized spacial score (nSPS) is 22.5. The average molecular weight is 416 g/mol. The highest BCUT2D eigenvalue weighted by atomic mass is 16.5. The Kier molecular flexibility index (Phi) is 4.17. The van der Waals surface area contributed by atoms with Crippen LogP contribution in [0, 0.1) is 13.8 Å². The summed E-state index contributed by atoms with van der Waals surface area (Å²) in [5.74, 6) is 0.969. The molecule has 31 heavy (non-hydrogen) atoms. The summed E-state index contributed by atoms with van der Waals surface area (Å²) in [6.07, 6.45) is 9.20. The molecule has 1 saturated heterocycles. The Morgan fingerprint density at radius 3 is 2.68 bits per heavy atom. The number of aromatic nitrogens is 2. The number of benzene rings is 1. The molecule has 0 bridgehead atoms. The van der Waals surface area contributed by atoms with Crippen LogP contribution < -0.4 is 4.74 Å². The first-order valence-corrected chi connectivity index (χ1v) is 11.7. The number of amides is 1. The zero-order chi connectivity index (χ0) is 21.2. The summed E-state index contributed by atoms with van der Waals surface area (Å²) in [6, 6.07) is 8.66. The van der Waals surface area contributed by atoms with E-state index >= 15 is 0 Å². The van der Waals surface area contributed by atoms with E-state index in [1.54, 1.807) is 0 Å². The lowest BCUT2D eigenvalue weighted by Crippen LogP contribution is -2.38. The van der Waals surface area contributed by atoms with Crippen LogP contribution in [0.1, 0.15) is 70.5 Å². The van der Waals surface area contributed by atoms with Crippen molar-refractivity contribution in [2.24, 2.45) is 0 Å². The second kappa shape index (κ2) is 6.84. The van der Waals surface area contributed by atoms with Crippen molar-refractivity contribution in [3.05, 3.63) is 64.1 Å². The minimum absolute atomic E-state index is 0.148. The summed E-state index contributed by atoms with van der Waals surface area (Å²) in [4.78, 5) is 20.5. The zero-order valence-electron chi connectivity index (χ0n) is 18.4. The summed E-state index contributed by atoms with van der Waals surface area (Å²) in [5, 5.41) is 0. The molecule has 1 spiro atoms. The first-order chi connectivity index (χ1) is 15.1. The van der Waals surface area contributed by atoms with Gasteiger partial charge in [0.15, 0.2) is 11.4 Å². The van der Waals surface area contributed by atoms with Gasteiger partial charge in [-0.3, -0.25) is 4.79 Å². The molecule has 2 aromatic heterocycles. The lowest BCUT2D eigenvalue weighted by atomic mass is 9.85. The van der Waals surface area contributed by atoms with Crippen LogP contribution in [0.5, 0.6) is 5.75 Å². The fourth-order valence-electron chi connectivity index (χ4n) is 5.81. The van der Waals surface area contributed by atoms with Gasteiger partial charge in [0.25, 0.3) is 5.91 Å². The predicted octanol–water partition coefficient (Wildman–Crippen LogP) is 4.74. The van der Waals surface area contributed by atoms with Crippen molar-refractivity contribution in [3.8, 4) is 5.75 Å². The third-order valence-electron chi connectivity index (χ3n) is 7.70. The van der Waals surface area contributed by atoms with Crippen molar-refractivity contribution in [3.63, 3.8) is 0 Å². The molecule has 0 saturated carbocycles. The highest BCUT2D eigenvalue weighted by molar-refractivity contribution is 5.97. The molecule has 3 aliphatic rings. The molecule has 6 rings (SSSR count). The molecule has 2 aliphatic heterocycles. The van der Waals surface area contributed by atoms with Gasteiger partial charge in [-0.2, -0.15) is 0 Å². The number of piperidine rings is 1. The van der Waals surface area contributed by atoms with E-state index < -0.39 is 0 Å². The van der Waals surface area contributed by atoms with Crippen molar-refractivity contribution in [1.82, 2.24) is 14.3 Å². The van der Waals surface area contributed by atoms with Crippen LogP contribution >= 0.6 is 0 Å². The van der Waals surface area contributed by atoms with E-state index in [-0.39, 0.29) is 11.5 Å². The maximum absolute atomic E-state index is 13.6. The summed E-state index contributed by atoms with van der Waals surface area (Å²) >= 11 is 0. The standard InChI is InChI=1S/C26H29N3O2/c1-17-18(2)29-16-21(25(30)28-14-6-3-7-15-28)20-11-13-26(31-23(20)24(29)27-17)12-10-19-8-4-5-9-22(19)26/h4-5,8-9,16H,3,6-7,10-15H2,1-2H3. The Bertz CT molecular complexity index is 1210. The average Bonchev–Trinajstić information content (AvgIpc) is 3.31. The minimum Gasteiger partial charge on any atom is -0.478 e. The number of imidazole rings is 1. The van der Waals surface area contributed by atoms with E-state index in [9.17, 15) is 4.79 Å². The maximum Gasteiger partial charge on any atom is 0.255 e. The number of aryl methyl sites for hydroxylation is 3. The lowest BCUT2D eigenvalue weighted by molar-refractivity contribution is 0.0447. The van der Waals surface area contributed by atoms with Crippen LogP contribution in [-0.4, -0.2) is 33.3 Å². The molecule has 4 heterocycles. The third-order valence-corrected chi connectivity index (χ3v) is 7.70. The first-order valence-electron chi connectivity index (χ1n) is 11.7. The number of ether oxygens (including phenoxy) is 1. The molecular weight excluding hydrogens is 386 g/mol. The SMILES string of the molecule is Cc1nc2c3c(c(C(=O)N4CCCCC4)cn2c1C)CCC1(CCc2ccccc21)O3. The van der Waals surface area contributed by atoms with Crippen LogP contribution in [0.15, 0.2) is 30.5 Å². The first kappa shape index (κ1) is 18.9. The van der Waals surface area contributed by atoms with E-state index in [1.165, 1.54) is 17.5 Å². The Labute approximate surface area is 183 Å². The van der Waals surface area contributed by atoms with Crippen molar-refractivity contribution < 1.29 is 9.53 Å². The number of carbonyl (C=O) groups excluding carboxylic acids is 1. The van der Waals surface area contributed by atoms with E-state index in [2.05, 4.69) is 35.6 Å². The molecule has 0 N–H and O–H groups in total.